The summed E-state index contributed by atoms with van der Waals surface area (Å²) in [5.41, 5.74) is 1.76. The van der Waals surface area contributed by atoms with Gasteiger partial charge in [-0.15, -0.1) is 0 Å². The van der Waals surface area contributed by atoms with Crippen molar-refractivity contribution in [3.63, 3.8) is 0 Å². The summed E-state index contributed by atoms with van der Waals surface area (Å²) in [6.45, 7) is 5.72. The van der Waals surface area contributed by atoms with Gasteiger partial charge in [0.1, 0.15) is 0 Å². The first kappa shape index (κ1) is 17.8. The Morgan fingerprint density at radius 2 is 2.04 bits per heavy atom. The summed E-state index contributed by atoms with van der Waals surface area (Å²) in [4.78, 5) is 27.8. The molecule has 0 spiro atoms. The zero-order valence-corrected chi connectivity index (χ0v) is 14.6. The monoisotopic (exact) mass is 347 g/mol. The topological polar surface area (TPSA) is 75.9 Å². The quantitative estimate of drug-likeness (QED) is 0.616. The van der Waals surface area contributed by atoms with Gasteiger partial charge in [-0.2, -0.15) is 0 Å². The maximum Gasteiger partial charge on any atom is 0.272 e. The number of nitrogens with zero attached hydrogens (tertiary/aromatic N) is 3. The highest BCUT2D eigenvalue weighted by Crippen LogP contribution is 2.26. The Hall–Kier alpha value is -1.99. The van der Waals surface area contributed by atoms with Crippen LogP contribution in [-0.2, 0) is 16.1 Å². The standard InChI is InChI=1S/C18H25N3O4/c1-14-15(5-4-7-16(14)21(23)24)13-20-8-3-2-6-17(20)18(22)19-9-11-25-12-10-19/h4-5,7,17H,2-3,6,8-13H2,1H3/t17-/m1/s1. The van der Waals surface area contributed by atoms with Crippen LogP contribution in [0.3, 0.4) is 0 Å². The molecule has 0 radical (unpaired) electrons. The summed E-state index contributed by atoms with van der Waals surface area (Å²) in [6.07, 6.45) is 2.95. The summed E-state index contributed by atoms with van der Waals surface area (Å²) in [5, 5.41) is 11.2. The van der Waals surface area contributed by atoms with Crippen molar-refractivity contribution in [1.82, 2.24) is 9.80 Å². The van der Waals surface area contributed by atoms with Gasteiger partial charge in [0, 0.05) is 31.3 Å². The van der Waals surface area contributed by atoms with Crippen molar-refractivity contribution in [3.05, 3.63) is 39.4 Å². The first-order valence-corrected chi connectivity index (χ1v) is 8.91. The second-order valence-corrected chi connectivity index (χ2v) is 6.74. The lowest BCUT2D eigenvalue weighted by Crippen LogP contribution is -2.53. The molecule has 2 heterocycles. The van der Waals surface area contributed by atoms with Gasteiger partial charge in [0.05, 0.1) is 24.2 Å². The van der Waals surface area contributed by atoms with E-state index >= 15 is 0 Å². The largest absolute Gasteiger partial charge is 0.378 e. The van der Waals surface area contributed by atoms with Crippen molar-refractivity contribution in [2.75, 3.05) is 32.8 Å². The van der Waals surface area contributed by atoms with Crippen LogP contribution in [0.4, 0.5) is 5.69 Å². The van der Waals surface area contributed by atoms with Crippen LogP contribution in [0.2, 0.25) is 0 Å². The molecule has 0 bridgehead atoms. The van der Waals surface area contributed by atoms with E-state index in [9.17, 15) is 14.9 Å². The van der Waals surface area contributed by atoms with Crippen LogP contribution in [0.25, 0.3) is 0 Å². The highest BCUT2D eigenvalue weighted by atomic mass is 16.6. The van der Waals surface area contributed by atoms with Crippen molar-refractivity contribution >= 4 is 11.6 Å². The number of carbonyl (C=O) groups is 1. The molecule has 2 saturated heterocycles. The Morgan fingerprint density at radius 1 is 1.28 bits per heavy atom. The molecule has 2 aliphatic heterocycles. The van der Waals surface area contributed by atoms with Gasteiger partial charge < -0.3 is 9.64 Å². The van der Waals surface area contributed by atoms with Crippen molar-refractivity contribution in [2.45, 2.75) is 38.8 Å². The molecule has 1 atom stereocenters. The molecule has 0 saturated carbocycles. The molecule has 0 aliphatic carbocycles. The minimum Gasteiger partial charge on any atom is -0.378 e. The SMILES string of the molecule is Cc1c(CN2CCCC[C@@H]2C(=O)N2CCOCC2)cccc1[N+](=O)[O-]. The van der Waals surface area contributed by atoms with Crippen molar-refractivity contribution in [3.8, 4) is 0 Å². The van der Waals surface area contributed by atoms with Gasteiger partial charge >= 0.3 is 0 Å². The normalized spacial score (nSPS) is 22.0. The molecular weight excluding hydrogens is 322 g/mol. The van der Waals surface area contributed by atoms with Gasteiger partial charge in [-0.05, 0) is 31.9 Å². The van der Waals surface area contributed by atoms with Gasteiger partial charge in [-0.1, -0.05) is 18.6 Å². The smallest absolute Gasteiger partial charge is 0.272 e. The minimum absolute atomic E-state index is 0.134. The van der Waals surface area contributed by atoms with E-state index in [4.69, 9.17) is 4.74 Å². The van der Waals surface area contributed by atoms with Gasteiger partial charge in [0.25, 0.3) is 5.69 Å². The number of hydrogen-bond donors (Lipinski definition) is 0. The predicted molar refractivity (Wildman–Crippen MR) is 93.3 cm³/mol. The van der Waals surface area contributed by atoms with Crippen LogP contribution in [0.1, 0.15) is 30.4 Å². The number of morpholine rings is 1. The Balaban J connectivity index is 1.76. The summed E-state index contributed by atoms with van der Waals surface area (Å²) >= 11 is 0. The number of piperidine rings is 1. The molecule has 136 valence electrons. The van der Waals surface area contributed by atoms with E-state index in [1.165, 1.54) is 6.07 Å². The van der Waals surface area contributed by atoms with Gasteiger partial charge in [0.2, 0.25) is 5.91 Å². The van der Waals surface area contributed by atoms with Gasteiger partial charge in [0.15, 0.2) is 0 Å². The molecule has 25 heavy (non-hydrogen) atoms. The number of benzene rings is 1. The van der Waals surface area contributed by atoms with E-state index in [-0.39, 0.29) is 22.6 Å². The van der Waals surface area contributed by atoms with Gasteiger partial charge in [-0.3, -0.25) is 19.8 Å². The fraction of sp³-hybridized carbons (Fsp3) is 0.611. The second-order valence-electron chi connectivity index (χ2n) is 6.74. The number of likely N-dealkylation sites (tertiary alicyclic amines) is 1. The second kappa shape index (κ2) is 7.93. The Bertz CT molecular complexity index is 643. The van der Waals surface area contributed by atoms with E-state index in [1.807, 2.05) is 11.0 Å². The third kappa shape index (κ3) is 3.99. The molecular formula is C18H25N3O4. The summed E-state index contributed by atoms with van der Waals surface area (Å²) in [7, 11) is 0. The van der Waals surface area contributed by atoms with Crippen LogP contribution in [-0.4, -0.2) is 59.5 Å². The fourth-order valence-electron chi connectivity index (χ4n) is 3.71. The van der Waals surface area contributed by atoms with Crippen LogP contribution in [0.15, 0.2) is 18.2 Å². The van der Waals surface area contributed by atoms with E-state index in [1.54, 1.807) is 13.0 Å². The number of ether oxygens (including phenoxy) is 1. The minimum atomic E-state index is -0.342. The molecule has 7 nitrogen and oxygen atoms in total. The first-order valence-electron chi connectivity index (χ1n) is 8.91. The maximum atomic E-state index is 12.9. The van der Waals surface area contributed by atoms with Crippen molar-refractivity contribution in [2.24, 2.45) is 0 Å². The zero-order chi connectivity index (χ0) is 17.8. The van der Waals surface area contributed by atoms with Crippen LogP contribution < -0.4 is 0 Å². The molecule has 2 aliphatic rings. The van der Waals surface area contributed by atoms with E-state index in [0.717, 1.165) is 31.4 Å². The van der Waals surface area contributed by atoms with Crippen LogP contribution in [0.5, 0.6) is 0 Å². The summed E-state index contributed by atoms with van der Waals surface area (Å²) in [6, 6.07) is 5.05. The Kier molecular flexibility index (Phi) is 5.65. The lowest BCUT2D eigenvalue weighted by Gasteiger charge is -2.39. The molecule has 0 N–H and O–H groups in total. The molecule has 0 aromatic heterocycles. The molecule has 1 amide bonds. The summed E-state index contributed by atoms with van der Waals surface area (Å²) < 4.78 is 5.34. The van der Waals surface area contributed by atoms with E-state index in [0.29, 0.717) is 38.4 Å². The molecule has 7 heteroatoms. The number of nitro groups is 1. The molecule has 1 aromatic rings. The highest BCUT2D eigenvalue weighted by molar-refractivity contribution is 5.82. The summed E-state index contributed by atoms with van der Waals surface area (Å²) in [5.74, 6) is 0.172. The number of hydrogen-bond acceptors (Lipinski definition) is 5. The maximum absolute atomic E-state index is 12.9. The number of amides is 1. The third-order valence-corrected chi connectivity index (χ3v) is 5.21. The first-order chi connectivity index (χ1) is 12.1. The average Bonchev–Trinajstić information content (AvgIpc) is 2.64. The van der Waals surface area contributed by atoms with E-state index in [2.05, 4.69) is 4.90 Å². The number of nitro benzene ring substituents is 1. The van der Waals surface area contributed by atoms with Crippen molar-refractivity contribution < 1.29 is 14.5 Å². The van der Waals surface area contributed by atoms with Gasteiger partial charge in [-0.25, -0.2) is 0 Å². The Labute approximate surface area is 147 Å². The molecule has 1 aromatic carbocycles. The van der Waals surface area contributed by atoms with E-state index < -0.39 is 0 Å². The lowest BCUT2D eigenvalue weighted by molar-refractivity contribution is -0.385. The number of rotatable bonds is 4. The fourth-order valence-corrected chi connectivity index (χ4v) is 3.71. The highest BCUT2D eigenvalue weighted by Gasteiger charge is 2.33. The number of carbonyl (C=O) groups excluding carboxylic acids is 1. The molecule has 3 rings (SSSR count). The lowest BCUT2D eigenvalue weighted by atomic mass is 9.98. The van der Waals surface area contributed by atoms with Crippen LogP contribution >= 0.6 is 0 Å². The Morgan fingerprint density at radius 3 is 2.76 bits per heavy atom. The third-order valence-electron chi connectivity index (χ3n) is 5.21. The molecule has 0 unspecified atom stereocenters. The predicted octanol–water partition coefficient (Wildman–Crippen LogP) is 2.12. The van der Waals surface area contributed by atoms with Crippen LogP contribution in [0, 0.1) is 17.0 Å². The molecule has 2 fully saturated rings. The zero-order valence-electron chi connectivity index (χ0n) is 14.6. The average molecular weight is 347 g/mol. The van der Waals surface area contributed by atoms with Crippen molar-refractivity contribution in [1.29, 1.82) is 0 Å².